The summed E-state index contributed by atoms with van der Waals surface area (Å²) in [4.78, 5) is 18.4. The summed E-state index contributed by atoms with van der Waals surface area (Å²) in [6, 6.07) is 7.66. The molecular formula is C20H30N5O2+. The third-order valence-electron chi connectivity index (χ3n) is 5.15. The zero-order valence-corrected chi connectivity index (χ0v) is 16.3. The quantitative estimate of drug-likeness (QED) is 0.668. The topological polar surface area (TPSA) is 86.6 Å². The number of quaternary nitrogens is 1. The van der Waals surface area contributed by atoms with Crippen molar-refractivity contribution in [1.29, 1.82) is 0 Å². The second-order valence-corrected chi connectivity index (χ2v) is 7.08. The predicted octanol–water partition coefficient (Wildman–Crippen LogP) is 0.745. The summed E-state index contributed by atoms with van der Waals surface area (Å²) in [5.74, 6) is 0.739. The zero-order valence-electron chi connectivity index (χ0n) is 16.3. The van der Waals surface area contributed by atoms with Crippen LogP contribution in [0.2, 0.25) is 0 Å². The van der Waals surface area contributed by atoms with Crippen molar-refractivity contribution < 1.29 is 9.64 Å². The smallest absolute Gasteiger partial charge is 0.257 e. The zero-order chi connectivity index (χ0) is 19.2. The maximum atomic E-state index is 12.5. The first-order valence-corrected chi connectivity index (χ1v) is 9.72. The number of morpholine rings is 1. The molecule has 0 bridgehead atoms. The molecule has 0 spiro atoms. The lowest BCUT2D eigenvalue weighted by Gasteiger charge is -2.23. The van der Waals surface area contributed by atoms with Gasteiger partial charge < -0.3 is 20.7 Å². The van der Waals surface area contributed by atoms with Gasteiger partial charge in [-0.3, -0.25) is 9.36 Å². The molecule has 2 heterocycles. The van der Waals surface area contributed by atoms with Crippen LogP contribution in [0.5, 0.6) is 0 Å². The number of nitrogen functional groups attached to an aromatic ring is 1. The molecule has 146 valence electrons. The number of rotatable bonds is 7. The Labute approximate surface area is 160 Å². The Bertz CT molecular complexity index is 828. The van der Waals surface area contributed by atoms with Gasteiger partial charge in [-0.25, -0.2) is 0 Å². The maximum absolute atomic E-state index is 12.5. The molecule has 0 amide bonds. The number of benzene rings is 1. The molecule has 0 radical (unpaired) electrons. The SMILES string of the molecule is CCc1cc(Nc2cc(=O)n(CCC[NH+]3CCOCC3)c(N)n2)ccc1C. The lowest BCUT2D eigenvalue weighted by atomic mass is 10.1. The number of aryl methyl sites for hydroxylation is 2. The van der Waals surface area contributed by atoms with E-state index in [2.05, 4.69) is 36.3 Å². The number of anilines is 3. The van der Waals surface area contributed by atoms with Crippen molar-refractivity contribution in [2.75, 3.05) is 43.9 Å². The lowest BCUT2D eigenvalue weighted by molar-refractivity contribution is -0.908. The van der Waals surface area contributed by atoms with E-state index < -0.39 is 0 Å². The minimum atomic E-state index is -0.121. The van der Waals surface area contributed by atoms with Gasteiger partial charge in [0.1, 0.15) is 18.9 Å². The highest BCUT2D eigenvalue weighted by Crippen LogP contribution is 2.19. The van der Waals surface area contributed by atoms with Crippen LogP contribution in [0.15, 0.2) is 29.1 Å². The van der Waals surface area contributed by atoms with Crippen LogP contribution in [-0.2, 0) is 17.7 Å². The Morgan fingerprint density at radius 1 is 1.30 bits per heavy atom. The van der Waals surface area contributed by atoms with Gasteiger partial charge in [-0.05, 0) is 36.6 Å². The first kappa shape index (κ1) is 19.4. The van der Waals surface area contributed by atoms with Crippen molar-refractivity contribution in [2.24, 2.45) is 0 Å². The van der Waals surface area contributed by atoms with Gasteiger partial charge >= 0.3 is 0 Å². The minimum Gasteiger partial charge on any atom is -0.370 e. The van der Waals surface area contributed by atoms with Crippen molar-refractivity contribution in [1.82, 2.24) is 9.55 Å². The predicted molar refractivity (Wildman–Crippen MR) is 108 cm³/mol. The van der Waals surface area contributed by atoms with Crippen LogP contribution in [0, 0.1) is 6.92 Å². The van der Waals surface area contributed by atoms with Crippen LogP contribution in [0.3, 0.4) is 0 Å². The van der Waals surface area contributed by atoms with Gasteiger partial charge in [-0.2, -0.15) is 4.98 Å². The molecule has 4 N–H and O–H groups in total. The van der Waals surface area contributed by atoms with E-state index in [1.165, 1.54) is 22.1 Å². The Hall–Kier alpha value is -2.38. The van der Waals surface area contributed by atoms with Gasteiger partial charge in [0.25, 0.3) is 5.56 Å². The van der Waals surface area contributed by atoms with E-state index in [1.54, 1.807) is 4.57 Å². The molecule has 0 unspecified atom stereocenters. The first-order valence-electron chi connectivity index (χ1n) is 9.72. The molecule has 3 rings (SSSR count). The molecule has 0 aliphatic carbocycles. The Morgan fingerprint density at radius 3 is 2.78 bits per heavy atom. The van der Waals surface area contributed by atoms with Gasteiger partial charge in [0, 0.05) is 24.7 Å². The van der Waals surface area contributed by atoms with E-state index in [4.69, 9.17) is 10.5 Å². The number of hydrogen-bond acceptors (Lipinski definition) is 5. The van der Waals surface area contributed by atoms with Crippen LogP contribution in [0.25, 0.3) is 0 Å². The molecule has 1 aromatic carbocycles. The van der Waals surface area contributed by atoms with E-state index in [0.29, 0.717) is 12.4 Å². The molecular weight excluding hydrogens is 342 g/mol. The third kappa shape index (κ3) is 5.08. The van der Waals surface area contributed by atoms with Crippen LogP contribution in [0.1, 0.15) is 24.5 Å². The normalized spacial score (nSPS) is 15.0. The number of aromatic nitrogens is 2. The highest BCUT2D eigenvalue weighted by atomic mass is 16.5. The summed E-state index contributed by atoms with van der Waals surface area (Å²) in [6.07, 6.45) is 1.86. The average Bonchev–Trinajstić information content (AvgIpc) is 2.66. The molecule has 1 fully saturated rings. The molecule has 1 aliphatic rings. The Balaban J connectivity index is 1.64. The fraction of sp³-hybridized carbons (Fsp3) is 0.500. The Kier molecular flexibility index (Phi) is 6.47. The molecule has 1 saturated heterocycles. The molecule has 2 aromatic rings. The minimum absolute atomic E-state index is 0.121. The number of ether oxygens (including phenoxy) is 1. The second-order valence-electron chi connectivity index (χ2n) is 7.08. The summed E-state index contributed by atoms with van der Waals surface area (Å²) in [5.41, 5.74) is 9.38. The molecule has 0 atom stereocenters. The molecule has 1 aliphatic heterocycles. The fourth-order valence-electron chi connectivity index (χ4n) is 3.49. The van der Waals surface area contributed by atoms with E-state index in [9.17, 15) is 4.79 Å². The van der Waals surface area contributed by atoms with Crippen molar-refractivity contribution in [3.63, 3.8) is 0 Å². The Morgan fingerprint density at radius 2 is 2.07 bits per heavy atom. The van der Waals surface area contributed by atoms with Gasteiger partial charge in [0.15, 0.2) is 0 Å². The number of nitrogens with zero attached hydrogens (tertiary/aromatic N) is 2. The van der Waals surface area contributed by atoms with E-state index >= 15 is 0 Å². The summed E-state index contributed by atoms with van der Waals surface area (Å²) in [5, 5.41) is 3.20. The fourth-order valence-corrected chi connectivity index (χ4v) is 3.49. The van der Waals surface area contributed by atoms with Crippen LogP contribution >= 0.6 is 0 Å². The summed E-state index contributed by atoms with van der Waals surface area (Å²) in [6.45, 7) is 9.52. The molecule has 1 aromatic heterocycles. The lowest BCUT2D eigenvalue weighted by Crippen LogP contribution is -3.14. The standard InChI is InChI=1S/C20H29N5O2/c1-3-16-13-17(6-5-15(16)2)22-18-14-19(26)25(20(21)23-18)8-4-7-24-9-11-27-12-10-24/h5-6,13-14,22H,3-4,7-12H2,1-2H3,(H2,21,23)/p+1. The summed E-state index contributed by atoms with van der Waals surface area (Å²) in [7, 11) is 0. The number of nitrogens with one attached hydrogen (secondary N) is 2. The van der Waals surface area contributed by atoms with Crippen LogP contribution in [0.4, 0.5) is 17.5 Å². The average molecular weight is 372 g/mol. The monoisotopic (exact) mass is 372 g/mol. The largest absolute Gasteiger partial charge is 0.370 e. The molecule has 27 heavy (non-hydrogen) atoms. The van der Waals surface area contributed by atoms with Crippen molar-refractivity contribution in [3.8, 4) is 0 Å². The van der Waals surface area contributed by atoms with Crippen molar-refractivity contribution in [3.05, 3.63) is 45.7 Å². The van der Waals surface area contributed by atoms with E-state index in [0.717, 1.165) is 51.4 Å². The highest BCUT2D eigenvalue weighted by molar-refractivity contribution is 5.58. The first-order chi connectivity index (χ1) is 13.1. The van der Waals surface area contributed by atoms with Crippen molar-refractivity contribution >= 4 is 17.5 Å². The van der Waals surface area contributed by atoms with Crippen LogP contribution in [-0.4, -0.2) is 42.4 Å². The summed E-state index contributed by atoms with van der Waals surface area (Å²) >= 11 is 0. The van der Waals surface area contributed by atoms with Crippen LogP contribution < -0.4 is 21.5 Å². The van der Waals surface area contributed by atoms with Gasteiger partial charge in [0.2, 0.25) is 5.95 Å². The van der Waals surface area contributed by atoms with E-state index in [1.807, 2.05) is 6.07 Å². The number of hydrogen-bond donors (Lipinski definition) is 3. The van der Waals surface area contributed by atoms with Gasteiger partial charge in [-0.1, -0.05) is 13.0 Å². The van der Waals surface area contributed by atoms with Crippen molar-refractivity contribution in [2.45, 2.75) is 33.2 Å². The maximum Gasteiger partial charge on any atom is 0.257 e. The van der Waals surface area contributed by atoms with Gasteiger partial charge in [0.05, 0.1) is 19.8 Å². The second kappa shape index (κ2) is 9.01. The molecule has 7 heteroatoms. The van der Waals surface area contributed by atoms with E-state index in [-0.39, 0.29) is 11.5 Å². The third-order valence-corrected chi connectivity index (χ3v) is 5.15. The van der Waals surface area contributed by atoms with Gasteiger partial charge in [-0.15, -0.1) is 0 Å². The highest BCUT2D eigenvalue weighted by Gasteiger charge is 2.14. The number of nitrogens with two attached hydrogens (primary N) is 1. The summed E-state index contributed by atoms with van der Waals surface area (Å²) < 4.78 is 6.93. The molecule has 0 saturated carbocycles. The molecule has 7 nitrogen and oxygen atoms in total.